The van der Waals surface area contributed by atoms with Gasteiger partial charge in [0, 0.05) is 12.1 Å². The van der Waals surface area contributed by atoms with Crippen molar-refractivity contribution in [2.75, 3.05) is 11.1 Å². The summed E-state index contributed by atoms with van der Waals surface area (Å²) in [6.45, 7) is 0. The van der Waals surface area contributed by atoms with Crippen LogP contribution in [0.1, 0.15) is 0 Å². The molecule has 70 valence electrons. The van der Waals surface area contributed by atoms with Crippen LogP contribution in [0.15, 0.2) is 12.1 Å². The monoisotopic (exact) mass is 185 g/mol. The van der Waals surface area contributed by atoms with Gasteiger partial charge in [-0.3, -0.25) is 0 Å². The summed E-state index contributed by atoms with van der Waals surface area (Å²) in [4.78, 5) is 10.4. The van der Waals surface area contributed by atoms with Gasteiger partial charge < -0.3 is 21.9 Å². The number of urea groups is 1. The predicted molar refractivity (Wildman–Crippen MR) is 45.7 cm³/mol. The highest BCUT2D eigenvalue weighted by Gasteiger charge is 2.08. The third kappa shape index (κ3) is 1.98. The Bertz CT molecular complexity index is 354. The topological polar surface area (TPSA) is 101 Å². The summed E-state index contributed by atoms with van der Waals surface area (Å²) in [6, 6.07) is 0.943. The molecule has 0 aliphatic heterocycles. The van der Waals surface area contributed by atoms with Crippen LogP contribution in [0.3, 0.4) is 0 Å². The van der Waals surface area contributed by atoms with Gasteiger partial charge in [0.25, 0.3) is 0 Å². The Hall–Kier alpha value is -1.98. The molecule has 0 unspecified atom stereocenters. The first-order valence-electron chi connectivity index (χ1n) is 3.35. The van der Waals surface area contributed by atoms with Crippen molar-refractivity contribution in [3.8, 4) is 5.75 Å². The highest BCUT2D eigenvalue weighted by molar-refractivity contribution is 5.91. The number of phenolic OH excluding ortho intramolecular Hbond substituents is 1. The van der Waals surface area contributed by atoms with Crippen molar-refractivity contribution in [1.82, 2.24) is 0 Å². The third-order valence-corrected chi connectivity index (χ3v) is 1.36. The molecule has 0 saturated heterocycles. The number of primary amides is 1. The molecular formula is C7H8FN3O2. The van der Waals surface area contributed by atoms with E-state index in [4.69, 9.17) is 11.5 Å². The fourth-order valence-corrected chi connectivity index (χ4v) is 0.848. The number of benzene rings is 1. The Labute approximate surface area is 73.1 Å². The zero-order valence-corrected chi connectivity index (χ0v) is 6.54. The van der Waals surface area contributed by atoms with Crippen molar-refractivity contribution < 1.29 is 14.3 Å². The van der Waals surface area contributed by atoms with Gasteiger partial charge in [0.05, 0.1) is 11.4 Å². The van der Waals surface area contributed by atoms with Gasteiger partial charge in [-0.25, -0.2) is 9.18 Å². The van der Waals surface area contributed by atoms with E-state index in [1.807, 2.05) is 5.32 Å². The highest BCUT2D eigenvalue weighted by Crippen LogP contribution is 2.30. The number of carbonyl (C=O) groups excluding carboxylic acids is 1. The number of amides is 2. The molecule has 6 heteroatoms. The zero-order chi connectivity index (χ0) is 10.0. The van der Waals surface area contributed by atoms with E-state index < -0.39 is 17.6 Å². The molecule has 0 saturated carbocycles. The lowest BCUT2D eigenvalue weighted by Crippen LogP contribution is -2.19. The number of aromatic hydroxyl groups is 1. The van der Waals surface area contributed by atoms with Gasteiger partial charge in [-0.05, 0) is 0 Å². The van der Waals surface area contributed by atoms with Crippen LogP contribution in [0, 0.1) is 5.82 Å². The maximum absolute atomic E-state index is 12.7. The lowest BCUT2D eigenvalue weighted by molar-refractivity contribution is 0.259. The molecule has 5 nitrogen and oxygen atoms in total. The minimum absolute atomic E-state index is 0.148. The Balaban J connectivity index is 3.12. The fourth-order valence-electron chi connectivity index (χ4n) is 0.848. The first kappa shape index (κ1) is 9.11. The average Bonchev–Trinajstić information content (AvgIpc) is 1.98. The first-order chi connectivity index (χ1) is 6.00. The molecule has 0 radical (unpaired) electrons. The van der Waals surface area contributed by atoms with Crippen LogP contribution in [0.5, 0.6) is 5.75 Å². The molecule has 1 aromatic carbocycles. The molecule has 1 aromatic rings. The van der Waals surface area contributed by atoms with E-state index >= 15 is 0 Å². The van der Waals surface area contributed by atoms with Crippen molar-refractivity contribution in [2.45, 2.75) is 0 Å². The molecule has 0 fully saturated rings. The molecule has 0 aliphatic carbocycles. The number of rotatable bonds is 1. The highest BCUT2D eigenvalue weighted by atomic mass is 19.1. The van der Waals surface area contributed by atoms with Gasteiger partial charge in [-0.1, -0.05) is 0 Å². The van der Waals surface area contributed by atoms with Crippen LogP contribution in [-0.2, 0) is 0 Å². The summed E-state index contributed by atoms with van der Waals surface area (Å²) in [5.41, 5.74) is 9.67. The summed E-state index contributed by atoms with van der Waals surface area (Å²) in [5.74, 6) is -1.07. The van der Waals surface area contributed by atoms with Crippen molar-refractivity contribution in [1.29, 1.82) is 0 Å². The van der Waals surface area contributed by atoms with Crippen molar-refractivity contribution in [3.63, 3.8) is 0 Å². The lowest BCUT2D eigenvalue weighted by atomic mass is 10.2. The number of nitrogens with one attached hydrogen (secondary N) is 1. The van der Waals surface area contributed by atoms with E-state index in [9.17, 15) is 14.3 Å². The summed E-state index contributed by atoms with van der Waals surface area (Å²) in [7, 11) is 0. The molecule has 0 bridgehead atoms. The molecule has 0 aliphatic rings. The molecule has 0 heterocycles. The largest absolute Gasteiger partial charge is 0.504 e. The summed E-state index contributed by atoms with van der Waals surface area (Å²) < 4.78 is 12.7. The molecule has 0 atom stereocenters. The minimum atomic E-state index is -0.903. The van der Waals surface area contributed by atoms with E-state index in [1.54, 1.807) is 0 Å². The van der Waals surface area contributed by atoms with E-state index in [0.29, 0.717) is 0 Å². The van der Waals surface area contributed by atoms with Crippen molar-refractivity contribution in [3.05, 3.63) is 17.9 Å². The first-order valence-corrected chi connectivity index (χ1v) is 3.35. The normalized spacial score (nSPS) is 9.62. The van der Waals surface area contributed by atoms with Gasteiger partial charge in [0.15, 0.2) is 5.75 Å². The lowest BCUT2D eigenvalue weighted by Gasteiger charge is -2.06. The maximum Gasteiger partial charge on any atom is 0.316 e. The number of phenols is 1. The van der Waals surface area contributed by atoms with E-state index in [0.717, 1.165) is 12.1 Å². The second-order valence-electron chi connectivity index (χ2n) is 2.38. The van der Waals surface area contributed by atoms with Gasteiger partial charge in [-0.2, -0.15) is 0 Å². The van der Waals surface area contributed by atoms with Crippen LogP contribution in [-0.4, -0.2) is 11.1 Å². The maximum atomic E-state index is 12.7. The summed E-state index contributed by atoms with van der Waals surface area (Å²) in [5, 5.41) is 11.2. The Morgan fingerprint density at radius 1 is 1.54 bits per heavy atom. The number of anilines is 2. The Morgan fingerprint density at radius 3 is 2.69 bits per heavy atom. The third-order valence-electron chi connectivity index (χ3n) is 1.36. The molecule has 13 heavy (non-hydrogen) atoms. The van der Waals surface area contributed by atoms with Crippen LogP contribution >= 0.6 is 0 Å². The molecule has 1 rings (SSSR count). The van der Waals surface area contributed by atoms with Crippen molar-refractivity contribution in [2.24, 2.45) is 5.73 Å². The summed E-state index contributed by atoms with van der Waals surface area (Å²) >= 11 is 0. The van der Waals surface area contributed by atoms with Crippen LogP contribution in [0.4, 0.5) is 20.6 Å². The van der Waals surface area contributed by atoms with E-state index in [2.05, 4.69) is 0 Å². The minimum Gasteiger partial charge on any atom is -0.504 e. The number of nitrogens with two attached hydrogens (primary N) is 2. The molecular weight excluding hydrogens is 177 g/mol. The Kier molecular flexibility index (Phi) is 2.23. The SMILES string of the molecule is NC(=O)Nc1cc(F)cc(N)c1O. The molecule has 6 N–H and O–H groups in total. The average molecular weight is 185 g/mol. The van der Waals surface area contributed by atoms with Crippen LogP contribution < -0.4 is 16.8 Å². The molecule has 0 aromatic heterocycles. The van der Waals surface area contributed by atoms with Gasteiger partial charge >= 0.3 is 6.03 Å². The number of carbonyl (C=O) groups is 1. The van der Waals surface area contributed by atoms with Gasteiger partial charge in [0.1, 0.15) is 5.82 Å². The van der Waals surface area contributed by atoms with Gasteiger partial charge in [-0.15, -0.1) is 0 Å². The number of nitrogen functional groups attached to an aromatic ring is 1. The number of hydrogen-bond donors (Lipinski definition) is 4. The molecule has 2 amide bonds. The van der Waals surface area contributed by atoms with E-state index in [-0.39, 0.29) is 11.4 Å². The van der Waals surface area contributed by atoms with Gasteiger partial charge in [0.2, 0.25) is 0 Å². The predicted octanol–water partition coefficient (Wildman–Crippen LogP) is 0.604. The van der Waals surface area contributed by atoms with Crippen molar-refractivity contribution >= 4 is 17.4 Å². The van der Waals surface area contributed by atoms with E-state index in [1.165, 1.54) is 0 Å². The van der Waals surface area contributed by atoms with Crippen LogP contribution in [0.25, 0.3) is 0 Å². The number of halogens is 1. The second kappa shape index (κ2) is 3.18. The number of hydrogen-bond acceptors (Lipinski definition) is 3. The quantitative estimate of drug-likeness (QED) is 0.380. The molecule has 0 spiro atoms. The standard InChI is InChI=1S/C7H8FN3O2/c8-3-1-4(9)6(12)5(2-3)11-7(10)13/h1-2,12H,9H2,(H3,10,11,13). The Morgan fingerprint density at radius 2 is 2.15 bits per heavy atom. The smallest absolute Gasteiger partial charge is 0.316 e. The fraction of sp³-hybridized carbons (Fsp3) is 0. The van der Waals surface area contributed by atoms with Crippen LogP contribution in [0.2, 0.25) is 0 Å². The second-order valence-corrected chi connectivity index (χ2v) is 2.38. The summed E-state index contributed by atoms with van der Waals surface area (Å²) in [6.07, 6.45) is 0. The zero-order valence-electron chi connectivity index (χ0n) is 6.54.